The fourth-order valence-corrected chi connectivity index (χ4v) is 1.15. The Hall–Kier alpha value is -0.610. The van der Waals surface area contributed by atoms with Crippen molar-refractivity contribution in [1.29, 1.82) is 0 Å². The van der Waals surface area contributed by atoms with Gasteiger partial charge in [-0.1, -0.05) is 19.8 Å². The fourth-order valence-electron chi connectivity index (χ4n) is 1.15. The first-order valence-electron chi connectivity index (χ1n) is 6.05. The Bertz CT molecular complexity index is 200. The van der Waals surface area contributed by atoms with E-state index in [4.69, 9.17) is 10.5 Å². The van der Waals surface area contributed by atoms with Crippen LogP contribution in [0, 0.1) is 0 Å². The van der Waals surface area contributed by atoms with Crippen LogP contribution in [-0.4, -0.2) is 30.7 Å². The molecule has 4 nitrogen and oxygen atoms in total. The molecule has 4 heteroatoms. The van der Waals surface area contributed by atoms with Crippen LogP contribution >= 0.6 is 0 Å². The van der Waals surface area contributed by atoms with Gasteiger partial charge in [0.2, 0.25) is 5.91 Å². The van der Waals surface area contributed by atoms with E-state index in [1.165, 1.54) is 0 Å². The maximum atomic E-state index is 11.5. The first-order chi connectivity index (χ1) is 7.37. The summed E-state index contributed by atoms with van der Waals surface area (Å²) >= 11 is 0. The molecule has 1 atom stereocenters. The molecule has 0 radical (unpaired) electrons. The number of amides is 1. The van der Waals surface area contributed by atoms with E-state index in [-0.39, 0.29) is 5.91 Å². The van der Waals surface area contributed by atoms with E-state index in [0.717, 1.165) is 25.8 Å². The van der Waals surface area contributed by atoms with Crippen molar-refractivity contribution >= 4 is 5.91 Å². The minimum atomic E-state index is -0.426. The molecule has 0 bridgehead atoms. The van der Waals surface area contributed by atoms with Crippen LogP contribution in [0.25, 0.3) is 0 Å². The molecular weight excluding hydrogens is 204 g/mol. The summed E-state index contributed by atoms with van der Waals surface area (Å²) in [6.45, 7) is 8.75. The van der Waals surface area contributed by atoms with E-state index >= 15 is 0 Å². The molecule has 0 aliphatic rings. The molecule has 0 aromatic carbocycles. The smallest absolute Gasteiger partial charge is 0.248 e. The highest BCUT2D eigenvalue weighted by Crippen LogP contribution is 2.01. The van der Waals surface area contributed by atoms with Gasteiger partial charge < -0.3 is 15.8 Å². The van der Waals surface area contributed by atoms with E-state index in [2.05, 4.69) is 12.2 Å². The SMILES string of the molecule is CCCCCNC(=O)C(C)OCC(C)(C)N. The molecule has 0 saturated carbocycles. The molecule has 3 N–H and O–H groups in total. The lowest BCUT2D eigenvalue weighted by Gasteiger charge is -2.21. The maximum Gasteiger partial charge on any atom is 0.248 e. The van der Waals surface area contributed by atoms with Gasteiger partial charge in [0.05, 0.1) is 6.61 Å². The van der Waals surface area contributed by atoms with Crippen molar-refractivity contribution in [2.75, 3.05) is 13.2 Å². The Morgan fingerprint density at radius 2 is 2.06 bits per heavy atom. The van der Waals surface area contributed by atoms with Gasteiger partial charge in [0, 0.05) is 12.1 Å². The Morgan fingerprint density at radius 3 is 2.56 bits per heavy atom. The topological polar surface area (TPSA) is 64.3 Å². The molecule has 96 valence electrons. The zero-order chi connectivity index (χ0) is 12.6. The average molecular weight is 230 g/mol. The van der Waals surface area contributed by atoms with Crippen molar-refractivity contribution in [1.82, 2.24) is 5.32 Å². The maximum absolute atomic E-state index is 11.5. The van der Waals surface area contributed by atoms with Crippen molar-refractivity contribution < 1.29 is 9.53 Å². The van der Waals surface area contributed by atoms with E-state index in [0.29, 0.717) is 6.61 Å². The zero-order valence-electron chi connectivity index (χ0n) is 11.0. The zero-order valence-corrected chi connectivity index (χ0v) is 11.0. The summed E-state index contributed by atoms with van der Waals surface area (Å²) in [7, 11) is 0. The standard InChI is InChI=1S/C12H26N2O2/c1-5-6-7-8-14-11(15)10(2)16-9-12(3,4)13/h10H,5-9,13H2,1-4H3,(H,14,15). The molecule has 0 aromatic rings. The second-order valence-corrected chi connectivity index (χ2v) is 4.94. The van der Waals surface area contributed by atoms with Gasteiger partial charge in [-0.25, -0.2) is 0 Å². The normalized spacial score (nSPS) is 13.6. The summed E-state index contributed by atoms with van der Waals surface area (Å²) in [5.74, 6) is -0.0552. The number of hydrogen-bond acceptors (Lipinski definition) is 3. The molecule has 1 amide bonds. The summed E-state index contributed by atoms with van der Waals surface area (Å²) in [6, 6.07) is 0. The minimum absolute atomic E-state index is 0.0552. The number of ether oxygens (including phenoxy) is 1. The minimum Gasteiger partial charge on any atom is -0.367 e. The van der Waals surface area contributed by atoms with Crippen LogP contribution in [0.3, 0.4) is 0 Å². The first-order valence-corrected chi connectivity index (χ1v) is 6.05. The van der Waals surface area contributed by atoms with Crippen molar-refractivity contribution in [3.8, 4) is 0 Å². The highest BCUT2D eigenvalue weighted by Gasteiger charge is 2.17. The molecule has 16 heavy (non-hydrogen) atoms. The third kappa shape index (κ3) is 8.68. The predicted octanol–water partition coefficient (Wildman–Crippen LogP) is 1.44. The molecule has 0 rings (SSSR count). The molecule has 0 aliphatic heterocycles. The lowest BCUT2D eigenvalue weighted by Crippen LogP contribution is -2.42. The monoisotopic (exact) mass is 230 g/mol. The Balaban J connectivity index is 3.65. The van der Waals surface area contributed by atoms with Gasteiger partial charge in [0.1, 0.15) is 6.10 Å². The Labute approximate surface area is 98.9 Å². The van der Waals surface area contributed by atoms with Gasteiger partial charge in [0.15, 0.2) is 0 Å². The second-order valence-electron chi connectivity index (χ2n) is 4.94. The average Bonchev–Trinajstić information content (AvgIpc) is 2.19. The number of rotatable bonds is 8. The fraction of sp³-hybridized carbons (Fsp3) is 0.917. The van der Waals surface area contributed by atoms with E-state index < -0.39 is 11.6 Å². The van der Waals surface area contributed by atoms with Gasteiger partial charge >= 0.3 is 0 Å². The molecule has 0 spiro atoms. The number of unbranched alkanes of at least 4 members (excludes halogenated alkanes) is 2. The van der Waals surface area contributed by atoms with Gasteiger partial charge in [-0.15, -0.1) is 0 Å². The summed E-state index contributed by atoms with van der Waals surface area (Å²) < 4.78 is 5.39. The molecule has 0 heterocycles. The summed E-state index contributed by atoms with van der Waals surface area (Å²) in [6.07, 6.45) is 2.90. The number of carbonyl (C=O) groups is 1. The number of nitrogens with one attached hydrogen (secondary N) is 1. The van der Waals surface area contributed by atoms with Gasteiger partial charge in [0.25, 0.3) is 0 Å². The molecule has 0 saturated heterocycles. The Morgan fingerprint density at radius 1 is 1.44 bits per heavy atom. The first kappa shape index (κ1) is 15.4. The van der Waals surface area contributed by atoms with Crippen LogP contribution in [0.15, 0.2) is 0 Å². The number of nitrogens with two attached hydrogens (primary N) is 1. The predicted molar refractivity (Wildman–Crippen MR) is 66.2 cm³/mol. The summed E-state index contributed by atoms with van der Waals surface area (Å²) in [4.78, 5) is 11.5. The van der Waals surface area contributed by atoms with Gasteiger partial charge in [-0.05, 0) is 27.2 Å². The van der Waals surface area contributed by atoms with Gasteiger partial charge in [-0.2, -0.15) is 0 Å². The highest BCUT2D eigenvalue weighted by molar-refractivity contribution is 5.80. The van der Waals surface area contributed by atoms with Crippen molar-refractivity contribution in [2.24, 2.45) is 5.73 Å². The van der Waals surface area contributed by atoms with Crippen LogP contribution in [0.4, 0.5) is 0 Å². The molecule has 1 unspecified atom stereocenters. The van der Waals surface area contributed by atoms with Crippen LogP contribution in [0.1, 0.15) is 47.0 Å². The van der Waals surface area contributed by atoms with E-state index in [1.54, 1.807) is 6.92 Å². The molecule has 0 aliphatic carbocycles. The van der Waals surface area contributed by atoms with Crippen LogP contribution in [-0.2, 0) is 9.53 Å². The Kier molecular flexibility index (Phi) is 7.34. The summed E-state index contributed by atoms with van der Waals surface area (Å²) in [5.41, 5.74) is 5.37. The lowest BCUT2D eigenvalue weighted by atomic mass is 10.1. The van der Waals surface area contributed by atoms with Crippen molar-refractivity contribution in [3.05, 3.63) is 0 Å². The van der Waals surface area contributed by atoms with E-state index in [1.807, 2.05) is 13.8 Å². The lowest BCUT2D eigenvalue weighted by molar-refractivity contribution is -0.132. The third-order valence-corrected chi connectivity index (χ3v) is 2.15. The quantitative estimate of drug-likeness (QED) is 0.620. The largest absolute Gasteiger partial charge is 0.367 e. The third-order valence-electron chi connectivity index (χ3n) is 2.15. The van der Waals surface area contributed by atoms with Gasteiger partial charge in [-0.3, -0.25) is 4.79 Å². The molecule has 0 fully saturated rings. The summed E-state index contributed by atoms with van der Waals surface area (Å²) in [5, 5.41) is 2.85. The number of hydrogen-bond donors (Lipinski definition) is 2. The second kappa shape index (κ2) is 7.63. The number of carbonyl (C=O) groups excluding carboxylic acids is 1. The molecular formula is C12H26N2O2. The molecule has 0 aromatic heterocycles. The van der Waals surface area contributed by atoms with E-state index in [9.17, 15) is 4.79 Å². The van der Waals surface area contributed by atoms with Crippen molar-refractivity contribution in [3.63, 3.8) is 0 Å². The van der Waals surface area contributed by atoms with Crippen molar-refractivity contribution in [2.45, 2.75) is 58.6 Å². The highest BCUT2D eigenvalue weighted by atomic mass is 16.5. The van der Waals surface area contributed by atoms with Crippen LogP contribution in [0.2, 0.25) is 0 Å². The van der Waals surface area contributed by atoms with Crippen LogP contribution < -0.4 is 11.1 Å². The van der Waals surface area contributed by atoms with Crippen LogP contribution in [0.5, 0.6) is 0 Å².